The Bertz CT molecular complexity index is 717. The number of benzene rings is 1. The van der Waals surface area contributed by atoms with Crippen LogP contribution in [0.3, 0.4) is 0 Å². The average Bonchev–Trinajstić information content (AvgIpc) is 2.89. The van der Waals surface area contributed by atoms with E-state index in [-0.39, 0.29) is 17.6 Å². The minimum atomic E-state index is -0.0827. The summed E-state index contributed by atoms with van der Waals surface area (Å²) >= 11 is 0. The van der Waals surface area contributed by atoms with Crippen LogP contribution in [0.1, 0.15) is 34.9 Å². The van der Waals surface area contributed by atoms with Crippen LogP contribution in [0.5, 0.6) is 0 Å². The van der Waals surface area contributed by atoms with Crippen molar-refractivity contribution < 1.29 is 14.1 Å². The SMILES string of the molecule is CC(=O)c1ccc(NC(=O)CN2CC(c3nc(C)no3)C2)cc1. The summed E-state index contributed by atoms with van der Waals surface area (Å²) in [6.07, 6.45) is 0. The first-order chi connectivity index (χ1) is 11.0. The highest BCUT2D eigenvalue weighted by Gasteiger charge is 2.33. The molecule has 1 aromatic heterocycles. The van der Waals surface area contributed by atoms with E-state index in [4.69, 9.17) is 4.52 Å². The number of Topliss-reactive ketones (excluding diaryl/α,β-unsaturated/α-hetero) is 1. The molecule has 0 unspecified atom stereocenters. The number of likely N-dealkylation sites (tertiary alicyclic amines) is 1. The molecule has 3 rings (SSSR count). The normalized spacial score (nSPS) is 15.2. The summed E-state index contributed by atoms with van der Waals surface area (Å²) in [5.41, 5.74) is 1.31. The average molecular weight is 314 g/mol. The van der Waals surface area contributed by atoms with Crippen molar-refractivity contribution in [3.8, 4) is 0 Å². The van der Waals surface area contributed by atoms with Crippen molar-refractivity contribution in [2.45, 2.75) is 19.8 Å². The number of anilines is 1. The van der Waals surface area contributed by atoms with Gasteiger partial charge in [0.05, 0.1) is 12.5 Å². The maximum atomic E-state index is 12.0. The highest BCUT2D eigenvalue weighted by Crippen LogP contribution is 2.25. The van der Waals surface area contributed by atoms with Gasteiger partial charge >= 0.3 is 0 Å². The number of aromatic nitrogens is 2. The molecule has 1 fully saturated rings. The van der Waals surface area contributed by atoms with Gasteiger partial charge in [-0.05, 0) is 38.1 Å². The Labute approximate surface area is 133 Å². The molecule has 7 heteroatoms. The van der Waals surface area contributed by atoms with Crippen LogP contribution in [0.15, 0.2) is 28.8 Å². The Hall–Kier alpha value is -2.54. The molecule has 1 saturated heterocycles. The van der Waals surface area contributed by atoms with E-state index in [0.29, 0.717) is 29.5 Å². The van der Waals surface area contributed by atoms with Gasteiger partial charge in [-0.25, -0.2) is 0 Å². The van der Waals surface area contributed by atoms with Crippen LogP contribution in [0.4, 0.5) is 5.69 Å². The summed E-state index contributed by atoms with van der Waals surface area (Å²) in [4.78, 5) is 29.4. The van der Waals surface area contributed by atoms with Gasteiger partial charge < -0.3 is 9.84 Å². The number of aryl methyl sites for hydroxylation is 1. The Morgan fingerprint density at radius 2 is 2.00 bits per heavy atom. The van der Waals surface area contributed by atoms with E-state index in [0.717, 1.165) is 13.1 Å². The van der Waals surface area contributed by atoms with E-state index in [1.165, 1.54) is 6.92 Å². The zero-order valence-corrected chi connectivity index (χ0v) is 13.1. The lowest BCUT2D eigenvalue weighted by atomic mass is 10.0. The molecular formula is C16H18N4O3. The molecule has 0 saturated carbocycles. The largest absolute Gasteiger partial charge is 0.339 e. The number of carbonyl (C=O) groups is 2. The molecular weight excluding hydrogens is 296 g/mol. The molecule has 120 valence electrons. The van der Waals surface area contributed by atoms with Gasteiger partial charge in [0, 0.05) is 24.3 Å². The minimum absolute atomic E-state index is 0.00533. The van der Waals surface area contributed by atoms with Gasteiger partial charge in [-0.3, -0.25) is 14.5 Å². The highest BCUT2D eigenvalue weighted by atomic mass is 16.5. The quantitative estimate of drug-likeness (QED) is 0.844. The van der Waals surface area contributed by atoms with E-state index >= 15 is 0 Å². The Balaban J connectivity index is 1.46. The van der Waals surface area contributed by atoms with Gasteiger partial charge in [-0.15, -0.1) is 0 Å². The van der Waals surface area contributed by atoms with Gasteiger partial charge in [0.2, 0.25) is 11.8 Å². The van der Waals surface area contributed by atoms with Crippen molar-refractivity contribution in [3.63, 3.8) is 0 Å². The first-order valence-electron chi connectivity index (χ1n) is 7.44. The van der Waals surface area contributed by atoms with E-state index in [1.807, 2.05) is 4.90 Å². The fourth-order valence-electron chi connectivity index (χ4n) is 2.53. The smallest absolute Gasteiger partial charge is 0.238 e. The van der Waals surface area contributed by atoms with Crippen LogP contribution in [0, 0.1) is 6.92 Å². The summed E-state index contributed by atoms with van der Waals surface area (Å²) < 4.78 is 5.13. The van der Waals surface area contributed by atoms with Crippen molar-refractivity contribution in [1.82, 2.24) is 15.0 Å². The molecule has 7 nitrogen and oxygen atoms in total. The second-order valence-electron chi connectivity index (χ2n) is 5.75. The van der Waals surface area contributed by atoms with E-state index in [1.54, 1.807) is 31.2 Å². The Morgan fingerprint density at radius 3 is 2.57 bits per heavy atom. The van der Waals surface area contributed by atoms with Gasteiger partial charge in [-0.2, -0.15) is 4.98 Å². The summed E-state index contributed by atoms with van der Waals surface area (Å²) in [6, 6.07) is 6.87. The molecule has 2 aromatic rings. The topological polar surface area (TPSA) is 88.3 Å². The van der Waals surface area contributed by atoms with Gasteiger partial charge in [0.1, 0.15) is 0 Å². The van der Waals surface area contributed by atoms with E-state index in [2.05, 4.69) is 15.5 Å². The predicted molar refractivity (Wildman–Crippen MR) is 83.3 cm³/mol. The second kappa shape index (κ2) is 6.29. The van der Waals surface area contributed by atoms with Crippen molar-refractivity contribution in [2.24, 2.45) is 0 Å². The number of amides is 1. The molecule has 23 heavy (non-hydrogen) atoms. The van der Waals surface area contributed by atoms with Crippen molar-refractivity contribution in [3.05, 3.63) is 41.5 Å². The summed E-state index contributed by atoms with van der Waals surface area (Å²) in [5.74, 6) is 1.40. The van der Waals surface area contributed by atoms with E-state index in [9.17, 15) is 9.59 Å². The second-order valence-corrected chi connectivity index (χ2v) is 5.75. The predicted octanol–water partition coefficient (Wildman–Crippen LogP) is 1.62. The molecule has 0 aliphatic carbocycles. The third-order valence-corrected chi connectivity index (χ3v) is 3.79. The maximum Gasteiger partial charge on any atom is 0.238 e. The lowest BCUT2D eigenvalue weighted by molar-refractivity contribution is -0.118. The number of ketones is 1. The van der Waals surface area contributed by atoms with Crippen molar-refractivity contribution in [2.75, 3.05) is 25.0 Å². The number of nitrogens with zero attached hydrogens (tertiary/aromatic N) is 3. The molecule has 0 atom stereocenters. The third-order valence-electron chi connectivity index (χ3n) is 3.79. The fourth-order valence-corrected chi connectivity index (χ4v) is 2.53. The first-order valence-corrected chi connectivity index (χ1v) is 7.44. The molecule has 1 aliphatic heterocycles. The Morgan fingerprint density at radius 1 is 1.30 bits per heavy atom. The zero-order chi connectivity index (χ0) is 16.4. The summed E-state index contributed by atoms with van der Waals surface area (Å²) in [5, 5.41) is 6.60. The molecule has 1 aromatic carbocycles. The van der Waals surface area contributed by atoms with Crippen molar-refractivity contribution >= 4 is 17.4 Å². The van der Waals surface area contributed by atoms with Crippen LogP contribution in [-0.2, 0) is 4.79 Å². The summed E-state index contributed by atoms with van der Waals surface area (Å²) in [6.45, 7) is 5.09. The Kier molecular flexibility index (Phi) is 4.20. The molecule has 0 spiro atoms. The van der Waals surface area contributed by atoms with Gasteiger partial charge in [0.15, 0.2) is 11.6 Å². The number of nitrogens with one attached hydrogen (secondary N) is 1. The lowest BCUT2D eigenvalue weighted by Gasteiger charge is -2.36. The summed E-state index contributed by atoms with van der Waals surface area (Å²) in [7, 11) is 0. The van der Waals surface area contributed by atoms with Crippen LogP contribution in [0.2, 0.25) is 0 Å². The van der Waals surface area contributed by atoms with Gasteiger partial charge in [-0.1, -0.05) is 5.16 Å². The molecule has 2 heterocycles. The standard InChI is InChI=1S/C16H18N4O3/c1-10(21)12-3-5-14(6-4-12)18-15(22)9-20-7-13(8-20)16-17-11(2)19-23-16/h3-6,13H,7-9H2,1-2H3,(H,18,22). The van der Waals surface area contributed by atoms with Crippen LogP contribution in [-0.4, -0.2) is 46.4 Å². The maximum absolute atomic E-state index is 12.0. The fraction of sp³-hybridized carbons (Fsp3) is 0.375. The number of hydrogen-bond donors (Lipinski definition) is 1. The van der Waals surface area contributed by atoms with Crippen LogP contribution in [0.25, 0.3) is 0 Å². The van der Waals surface area contributed by atoms with Crippen LogP contribution < -0.4 is 5.32 Å². The van der Waals surface area contributed by atoms with Gasteiger partial charge in [0.25, 0.3) is 0 Å². The minimum Gasteiger partial charge on any atom is -0.339 e. The number of carbonyl (C=O) groups excluding carboxylic acids is 2. The van der Waals surface area contributed by atoms with E-state index < -0.39 is 0 Å². The first kappa shape index (κ1) is 15.4. The number of rotatable bonds is 5. The highest BCUT2D eigenvalue weighted by molar-refractivity contribution is 5.96. The van der Waals surface area contributed by atoms with Crippen LogP contribution >= 0.6 is 0 Å². The zero-order valence-electron chi connectivity index (χ0n) is 13.1. The third kappa shape index (κ3) is 3.62. The lowest BCUT2D eigenvalue weighted by Crippen LogP contribution is -2.48. The van der Waals surface area contributed by atoms with Crippen molar-refractivity contribution in [1.29, 1.82) is 0 Å². The number of hydrogen-bond acceptors (Lipinski definition) is 6. The monoisotopic (exact) mass is 314 g/mol. The molecule has 0 radical (unpaired) electrons. The molecule has 1 aliphatic rings. The molecule has 1 N–H and O–H groups in total. The molecule has 0 bridgehead atoms. The molecule has 1 amide bonds.